The number of imide groups is 1. The summed E-state index contributed by atoms with van der Waals surface area (Å²) in [5, 5.41) is 0.233. The fourth-order valence-corrected chi connectivity index (χ4v) is 4.20. The van der Waals surface area contributed by atoms with Crippen molar-refractivity contribution in [3.05, 3.63) is 99.2 Å². The molecule has 5 nitrogen and oxygen atoms in total. The van der Waals surface area contributed by atoms with Crippen molar-refractivity contribution < 1.29 is 23.5 Å². The molecule has 4 rings (SSSR count). The number of para-hydroxylation sites is 1. The van der Waals surface area contributed by atoms with Crippen LogP contribution in [0.3, 0.4) is 0 Å². The van der Waals surface area contributed by atoms with E-state index in [0.29, 0.717) is 22.1 Å². The van der Waals surface area contributed by atoms with Crippen LogP contribution in [0, 0.1) is 5.82 Å². The summed E-state index contributed by atoms with van der Waals surface area (Å²) >= 11 is 6.78. The van der Waals surface area contributed by atoms with Crippen molar-refractivity contribution in [3.8, 4) is 11.5 Å². The van der Waals surface area contributed by atoms with E-state index in [9.17, 15) is 14.0 Å². The summed E-state index contributed by atoms with van der Waals surface area (Å²) in [6.45, 7) is 0.338. The number of halogens is 2. The minimum absolute atomic E-state index is 0.158. The molecule has 1 aliphatic heterocycles. The topological polar surface area (TPSA) is 55.8 Å². The molecule has 0 atom stereocenters. The molecule has 0 bridgehead atoms. The van der Waals surface area contributed by atoms with Gasteiger partial charge < -0.3 is 9.47 Å². The Labute approximate surface area is 199 Å². The van der Waals surface area contributed by atoms with Crippen LogP contribution in [0.5, 0.6) is 11.5 Å². The van der Waals surface area contributed by atoms with Gasteiger partial charge in [0.25, 0.3) is 11.1 Å². The molecule has 0 N–H and O–H groups in total. The van der Waals surface area contributed by atoms with Crippen LogP contribution in [0.15, 0.2) is 71.6 Å². The molecule has 8 heteroatoms. The van der Waals surface area contributed by atoms with Crippen LogP contribution >= 0.6 is 23.4 Å². The maximum atomic E-state index is 13.2. The van der Waals surface area contributed by atoms with Gasteiger partial charge in [-0.1, -0.05) is 48.0 Å². The van der Waals surface area contributed by atoms with E-state index in [1.54, 1.807) is 60.7 Å². The summed E-state index contributed by atoms with van der Waals surface area (Å²) in [6, 6.07) is 18.2. The first kappa shape index (κ1) is 22.9. The highest BCUT2D eigenvalue weighted by Crippen LogP contribution is 2.38. The van der Waals surface area contributed by atoms with Gasteiger partial charge in [-0.05, 0) is 59.3 Å². The minimum atomic E-state index is -0.382. The van der Waals surface area contributed by atoms with Gasteiger partial charge in [0.05, 0.1) is 18.6 Å². The van der Waals surface area contributed by atoms with E-state index in [-0.39, 0.29) is 35.0 Å². The number of nitrogens with zero attached hydrogens (tertiary/aromatic N) is 1. The van der Waals surface area contributed by atoms with Gasteiger partial charge in [0.2, 0.25) is 0 Å². The SMILES string of the molecule is COc1cccc(/C=C2\SC(=O)N(Cc3ccc(Cl)cc3)C2=O)c1OCc1ccc(F)cc1. The van der Waals surface area contributed by atoms with Crippen molar-refractivity contribution in [2.45, 2.75) is 13.2 Å². The second kappa shape index (κ2) is 10.1. The molecule has 0 unspecified atom stereocenters. The number of hydrogen-bond acceptors (Lipinski definition) is 5. The summed E-state index contributed by atoms with van der Waals surface area (Å²) < 4.78 is 24.6. The minimum Gasteiger partial charge on any atom is -0.493 e. The number of hydrogen-bond donors (Lipinski definition) is 0. The van der Waals surface area contributed by atoms with Crippen molar-refractivity contribution in [3.63, 3.8) is 0 Å². The Balaban J connectivity index is 1.57. The maximum Gasteiger partial charge on any atom is 0.293 e. The van der Waals surface area contributed by atoms with Gasteiger partial charge in [0.15, 0.2) is 11.5 Å². The summed E-state index contributed by atoms with van der Waals surface area (Å²) in [7, 11) is 1.52. The smallest absolute Gasteiger partial charge is 0.293 e. The molecule has 33 heavy (non-hydrogen) atoms. The summed E-state index contributed by atoms with van der Waals surface area (Å²) in [5.41, 5.74) is 2.16. The van der Waals surface area contributed by atoms with E-state index in [4.69, 9.17) is 21.1 Å². The first-order valence-corrected chi connectivity index (χ1v) is 11.2. The zero-order valence-electron chi connectivity index (χ0n) is 17.6. The maximum absolute atomic E-state index is 13.2. The molecule has 1 fully saturated rings. The Bertz CT molecular complexity index is 1210. The van der Waals surface area contributed by atoms with E-state index in [0.717, 1.165) is 22.9 Å². The number of amides is 2. The summed E-state index contributed by atoms with van der Waals surface area (Å²) in [6.07, 6.45) is 1.62. The van der Waals surface area contributed by atoms with Gasteiger partial charge in [0, 0.05) is 10.6 Å². The molecule has 1 heterocycles. The standard InChI is InChI=1S/C25H19ClFNO4S/c1-31-21-4-2-3-18(23(21)32-15-17-7-11-20(27)12-8-17)13-22-24(29)28(25(30)33-22)14-16-5-9-19(26)10-6-16/h2-13H,14-15H2,1H3/b22-13-. The van der Waals surface area contributed by atoms with Crippen LogP contribution in [0.4, 0.5) is 9.18 Å². The monoisotopic (exact) mass is 483 g/mol. The number of ether oxygens (including phenoxy) is 2. The number of rotatable bonds is 7. The summed E-state index contributed by atoms with van der Waals surface area (Å²) in [5.74, 6) is 0.193. The van der Waals surface area contributed by atoms with E-state index in [1.807, 2.05) is 0 Å². The normalized spacial score (nSPS) is 14.8. The highest BCUT2D eigenvalue weighted by Gasteiger charge is 2.35. The van der Waals surface area contributed by atoms with Gasteiger partial charge in [-0.25, -0.2) is 4.39 Å². The molecule has 0 saturated carbocycles. The molecule has 2 amide bonds. The largest absolute Gasteiger partial charge is 0.493 e. The molecule has 3 aromatic rings. The lowest BCUT2D eigenvalue weighted by Gasteiger charge is -2.14. The second-order valence-corrected chi connectivity index (χ2v) is 8.62. The molecule has 3 aromatic carbocycles. The van der Waals surface area contributed by atoms with Crippen LogP contribution in [0.25, 0.3) is 6.08 Å². The van der Waals surface area contributed by atoms with E-state index in [1.165, 1.54) is 24.1 Å². The first-order chi connectivity index (χ1) is 15.9. The molecule has 1 aliphatic rings. The molecular weight excluding hydrogens is 465 g/mol. The number of carbonyl (C=O) groups excluding carboxylic acids is 2. The Morgan fingerprint density at radius 3 is 2.39 bits per heavy atom. The van der Waals surface area contributed by atoms with Crippen molar-refractivity contribution in [1.82, 2.24) is 4.90 Å². The molecule has 0 aromatic heterocycles. The first-order valence-electron chi connectivity index (χ1n) is 9.98. The van der Waals surface area contributed by atoms with Crippen LogP contribution in [0.2, 0.25) is 5.02 Å². The van der Waals surface area contributed by atoms with Crippen molar-refractivity contribution >= 4 is 40.6 Å². The fourth-order valence-electron chi connectivity index (χ4n) is 3.25. The van der Waals surface area contributed by atoms with Gasteiger partial charge in [-0.15, -0.1) is 0 Å². The average molecular weight is 484 g/mol. The van der Waals surface area contributed by atoms with E-state index in [2.05, 4.69) is 0 Å². The lowest BCUT2D eigenvalue weighted by molar-refractivity contribution is -0.123. The lowest BCUT2D eigenvalue weighted by Crippen LogP contribution is -2.27. The predicted octanol–water partition coefficient (Wildman–Crippen LogP) is 6.30. The number of carbonyl (C=O) groups is 2. The quantitative estimate of drug-likeness (QED) is 0.369. The van der Waals surface area contributed by atoms with Gasteiger partial charge in [-0.2, -0.15) is 0 Å². The van der Waals surface area contributed by atoms with Crippen molar-refractivity contribution in [2.75, 3.05) is 7.11 Å². The summed E-state index contributed by atoms with van der Waals surface area (Å²) in [4.78, 5) is 26.9. The number of methoxy groups -OCH3 is 1. The zero-order chi connectivity index (χ0) is 23.4. The molecule has 0 aliphatic carbocycles. The van der Waals surface area contributed by atoms with E-state index < -0.39 is 0 Å². The van der Waals surface area contributed by atoms with Crippen molar-refractivity contribution in [2.24, 2.45) is 0 Å². The van der Waals surface area contributed by atoms with Crippen LogP contribution in [-0.2, 0) is 17.9 Å². The lowest BCUT2D eigenvalue weighted by atomic mass is 10.1. The predicted molar refractivity (Wildman–Crippen MR) is 127 cm³/mol. The Kier molecular flexibility index (Phi) is 7.01. The third kappa shape index (κ3) is 5.38. The fraction of sp³-hybridized carbons (Fsp3) is 0.120. The van der Waals surface area contributed by atoms with Crippen LogP contribution in [-0.4, -0.2) is 23.2 Å². The highest BCUT2D eigenvalue weighted by atomic mass is 35.5. The molecule has 1 saturated heterocycles. The van der Waals surface area contributed by atoms with Crippen LogP contribution < -0.4 is 9.47 Å². The number of benzene rings is 3. The molecular formula is C25H19ClFNO4S. The number of thioether (sulfide) groups is 1. The average Bonchev–Trinajstić information content (AvgIpc) is 3.07. The Morgan fingerprint density at radius 2 is 1.70 bits per heavy atom. The molecule has 168 valence electrons. The van der Waals surface area contributed by atoms with Gasteiger partial charge in [0.1, 0.15) is 12.4 Å². The molecule has 0 radical (unpaired) electrons. The Morgan fingerprint density at radius 1 is 1.00 bits per heavy atom. The van der Waals surface area contributed by atoms with Gasteiger partial charge in [-0.3, -0.25) is 14.5 Å². The van der Waals surface area contributed by atoms with Gasteiger partial charge >= 0.3 is 0 Å². The van der Waals surface area contributed by atoms with Crippen LogP contribution in [0.1, 0.15) is 16.7 Å². The Hall–Kier alpha value is -3.29. The third-order valence-electron chi connectivity index (χ3n) is 4.94. The second-order valence-electron chi connectivity index (χ2n) is 7.19. The van der Waals surface area contributed by atoms with Crippen molar-refractivity contribution in [1.29, 1.82) is 0 Å². The zero-order valence-corrected chi connectivity index (χ0v) is 19.2. The third-order valence-corrected chi connectivity index (χ3v) is 6.10. The van der Waals surface area contributed by atoms with E-state index >= 15 is 0 Å². The highest BCUT2D eigenvalue weighted by molar-refractivity contribution is 8.18. The molecule has 0 spiro atoms.